The lowest BCUT2D eigenvalue weighted by Gasteiger charge is -2.33. The molecule has 1 heterocycles. The van der Waals surface area contributed by atoms with Crippen molar-refractivity contribution in [1.29, 1.82) is 0 Å². The number of rotatable bonds is 6. The molecule has 1 unspecified atom stereocenters. The number of methoxy groups -OCH3 is 1. The molecule has 0 spiro atoms. The van der Waals surface area contributed by atoms with Gasteiger partial charge in [0, 0.05) is 33.3 Å². The minimum atomic E-state index is -0.0981. The van der Waals surface area contributed by atoms with E-state index < -0.39 is 0 Å². The van der Waals surface area contributed by atoms with Crippen molar-refractivity contribution in [2.45, 2.75) is 32.5 Å². The monoisotopic (exact) mass is 230 g/mol. The summed E-state index contributed by atoms with van der Waals surface area (Å²) in [6.45, 7) is 12.2. The second-order valence-electron chi connectivity index (χ2n) is 4.98. The van der Waals surface area contributed by atoms with Crippen molar-refractivity contribution in [3.05, 3.63) is 0 Å². The number of likely N-dealkylation sites (N-methyl/N-ethyl adjacent to an activating group) is 1. The predicted octanol–water partition coefficient (Wildman–Crippen LogP) is 0.722. The zero-order valence-electron chi connectivity index (χ0n) is 11.1. The molecule has 4 heteroatoms. The average Bonchev–Trinajstić information content (AvgIpc) is 2.29. The van der Waals surface area contributed by atoms with E-state index in [0.29, 0.717) is 6.10 Å². The molecule has 0 aliphatic carbocycles. The first-order chi connectivity index (χ1) is 7.57. The van der Waals surface area contributed by atoms with Crippen LogP contribution in [0.5, 0.6) is 0 Å². The molecule has 1 fully saturated rings. The molecule has 0 bridgehead atoms. The van der Waals surface area contributed by atoms with E-state index >= 15 is 0 Å². The number of hydrogen-bond donors (Lipinski definition) is 1. The topological polar surface area (TPSA) is 33.7 Å². The van der Waals surface area contributed by atoms with Gasteiger partial charge in [-0.25, -0.2) is 0 Å². The molecule has 0 amide bonds. The number of nitrogens with zero attached hydrogens (tertiary/aromatic N) is 1. The lowest BCUT2D eigenvalue weighted by atomic mass is 10.1. The molecule has 1 aliphatic rings. The molecule has 16 heavy (non-hydrogen) atoms. The van der Waals surface area contributed by atoms with Crippen LogP contribution in [0.25, 0.3) is 0 Å². The fourth-order valence-corrected chi connectivity index (χ4v) is 1.80. The minimum Gasteiger partial charge on any atom is -0.377 e. The van der Waals surface area contributed by atoms with Gasteiger partial charge in [-0.1, -0.05) is 6.92 Å². The molecule has 1 rings (SSSR count). The van der Waals surface area contributed by atoms with Gasteiger partial charge in [-0.2, -0.15) is 0 Å². The first-order valence-corrected chi connectivity index (χ1v) is 6.17. The Morgan fingerprint density at radius 1 is 1.50 bits per heavy atom. The minimum absolute atomic E-state index is 0.0981. The summed E-state index contributed by atoms with van der Waals surface area (Å²) in [6, 6.07) is 0. The molecule has 1 N–H and O–H groups in total. The van der Waals surface area contributed by atoms with Crippen LogP contribution >= 0.6 is 0 Å². The van der Waals surface area contributed by atoms with E-state index in [1.165, 1.54) is 0 Å². The molecule has 0 saturated carbocycles. The zero-order valence-corrected chi connectivity index (χ0v) is 11.1. The van der Waals surface area contributed by atoms with Gasteiger partial charge in [0.1, 0.15) is 0 Å². The molecule has 0 aromatic carbocycles. The van der Waals surface area contributed by atoms with Crippen LogP contribution in [0.3, 0.4) is 0 Å². The second kappa shape index (κ2) is 6.55. The van der Waals surface area contributed by atoms with Crippen LogP contribution < -0.4 is 5.32 Å². The third kappa shape index (κ3) is 4.78. The smallest absolute Gasteiger partial charge is 0.0826 e. The van der Waals surface area contributed by atoms with Crippen molar-refractivity contribution in [3.8, 4) is 0 Å². The van der Waals surface area contributed by atoms with Gasteiger partial charge in [-0.05, 0) is 20.4 Å². The highest BCUT2D eigenvalue weighted by molar-refractivity contribution is 4.76. The molecule has 1 atom stereocenters. The van der Waals surface area contributed by atoms with Crippen LogP contribution in [0.2, 0.25) is 0 Å². The van der Waals surface area contributed by atoms with Crippen LogP contribution in [0.4, 0.5) is 0 Å². The maximum atomic E-state index is 5.71. The normalized spacial score (nSPS) is 23.6. The Bertz CT molecular complexity index is 197. The summed E-state index contributed by atoms with van der Waals surface area (Å²) in [6.07, 6.45) is 0.321. The number of hydrogen-bond acceptors (Lipinski definition) is 4. The maximum Gasteiger partial charge on any atom is 0.0826 e. The Hall–Kier alpha value is -0.160. The van der Waals surface area contributed by atoms with Crippen molar-refractivity contribution in [2.24, 2.45) is 0 Å². The number of morpholine rings is 1. The Morgan fingerprint density at radius 2 is 2.25 bits per heavy atom. The first-order valence-electron chi connectivity index (χ1n) is 6.17. The fourth-order valence-electron chi connectivity index (χ4n) is 1.80. The maximum absolute atomic E-state index is 5.71. The van der Waals surface area contributed by atoms with Crippen molar-refractivity contribution < 1.29 is 9.47 Å². The van der Waals surface area contributed by atoms with E-state index in [9.17, 15) is 0 Å². The highest BCUT2D eigenvalue weighted by atomic mass is 16.5. The van der Waals surface area contributed by atoms with Crippen LogP contribution in [0.1, 0.15) is 20.8 Å². The average molecular weight is 230 g/mol. The molecule has 0 aromatic rings. The number of ether oxygens (including phenoxy) is 2. The van der Waals surface area contributed by atoms with Crippen molar-refractivity contribution >= 4 is 0 Å². The van der Waals surface area contributed by atoms with E-state index in [1.54, 1.807) is 7.11 Å². The van der Waals surface area contributed by atoms with E-state index in [2.05, 4.69) is 31.0 Å². The summed E-state index contributed by atoms with van der Waals surface area (Å²) >= 11 is 0. The summed E-state index contributed by atoms with van der Waals surface area (Å²) in [5.41, 5.74) is -0.0981. The Labute approximate surface area is 99.3 Å². The van der Waals surface area contributed by atoms with Gasteiger partial charge < -0.3 is 14.8 Å². The van der Waals surface area contributed by atoms with Crippen LogP contribution in [-0.4, -0.2) is 63.0 Å². The second-order valence-corrected chi connectivity index (χ2v) is 4.98. The van der Waals surface area contributed by atoms with E-state index in [-0.39, 0.29) is 5.60 Å². The van der Waals surface area contributed by atoms with Gasteiger partial charge >= 0.3 is 0 Å². The van der Waals surface area contributed by atoms with Gasteiger partial charge in [0.2, 0.25) is 0 Å². The Balaban J connectivity index is 2.17. The van der Waals surface area contributed by atoms with Gasteiger partial charge in [0.05, 0.1) is 18.3 Å². The first kappa shape index (κ1) is 13.9. The van der Waals surface area contributed by atoms with E-state index in [0.717, 1.165) is 39.3 Å². The molecular weight excluding hydrogens is 204 g/mol. The molecule has 0 radical (unpaired) electrons. The largest absolute Gasteiger partial charge is 0.377 e. The summed E-state index contributed by atoms with van der Waals surface area (Å²) in [5.74, 6) is 0. The zero-order chi connectivity index (χ0) is 12.0. The molecule has 96 valence electrons. The third-order valence-corrected chi connectivity index (χ3v) is 3.15. The Kier molecular flexibility index (Phi) is 5.69. The molecule has 1 aliphatic heterocycles. The summed E-state index contributed by atoms with van der Waals surface area (Å²) in [4.78, 5) is 2.43. The van der Waals surface area contributed by atoms with Gasteiger partial charge in [0.25, 0.3) is 0 Å². The van der Waals surface area contributed by atoms with Crippen LogP contribution in [-0.2, 0) is 9.47 Å². The van der Waals surface area contributed by atoms with Crippen molar-refractivity contribution in [3.63, 3.8) is 0 Å². The SMILES string of the molecule is CCN1CCOC(CNCC(C)(C)OC)C1. The molecule has 4 nitrogen and oxygen atoms in total. The lowest BCUT2D eigenvalue weighted by molar-refractivity contribution is -0.0301. The third-order valence-electron chi connectivity index (χ3n) is 3.15. The summed E-state index contributed by atoms with van der Waals surface area (Å²) in [7, 11) is 1.75. The standard InChI is InChI=1S/C12H26N2O2/c1-5-14-6-7-16-11(9-14)8-13-10-12(2,3)15-4/h11,13H,5-10H2,1-4H3. The van der Waals surface area contributed by atoms with Crippen molar-refractivity contribution in [1.82, 2.24) is 10.2 Å². The van der Waals surface area contributed by atoms with E-state index in [1.807, 2.05) is 0 Å². The van der Waals surface area contributed by atoms with Crippen LogP contribution in [0.15, 0.2) is 0 Å². The number of nitrogens with one attached hydrogen (secondary N) is 1. The van der Waals surface area contributed by atoms with E-state index in [4.69, 9.17) is 9.47 Å². The van der Waals surface area contributed by atoms with Gasteiger partial charge in [-0.15, -0.1) is 0 Å². The summed E-state index contributed by atoms with van der Waals surface area (Å²) in [5, 5.41) is 3.41. The fraction of sp³-hybridized carbons (Fsp3) is 1.00. The highest BCUT2D eigenvalue weighted by Crippen LogP contribution is 2.06. The highest BCUT2D eigenvalue weighted by Gasteiger charge is 2.20. The molecule has 0 aromatic heterocycles. The summed E-state index contributed by atoms with van der Waals surface area (Å²) < 4.78 is 11.1. The van der Waals surface area contributed by atoms with Crippen LogP contribution in [0, 0.1) is 0 Å². The molecular formula is C12H26N2O2. The van der Waals surface area contributed by atoms with Gasteiger partial charge in [0.15, 0.2) is 0 Å². The van der Waals surface area contributed by atoms with Gasteiger partial charge in [-0.3, -0.25) is 4.90 Å². The predicted molar refractivity (Wildman–Crippen MR) is 65.8 cm³/mol. The molecule has 1 saturated heterocycles. The Morgan fingerprint density at radius 3 is 2.88 bits per heavy atom. The lowest BCUT2D eigenvalue weighted by Crippen LogP contribution is -2.48. The quantitative estimate of drug-likeness (QED) is 0.729. The van der Waals surface area contributed by atoms with Crippen molar-refractivity contribution in [2.75, 3.05) is 46.4 Å².